The van der Waals surface area contributed by atoms with E-state index in [1.165, 1.54) is 17.5 Å². The highest BCUT2D eigenvalue weighted by Gasteiger charge is 2.14. The molecular weight excluding hydrogens is 194 g/mol. The van der Waals surface area contributed by atoms with Crippen molar-refractivity contribution in [1.82, 2.24) is 15.1 Å². The molecule has 1 N–H and O–H groups in total. The van der Waals surface area contributed by atoms with Crippen LogP contribution in [0.25, 0.3) is 10.8 Å². The van der Waals surface area contributed by atoms with Crippen molar-refractivity contribution in [2.45, 2.75) is 0 Å². The van der Waals surface area contributed by atoms with Gasteiger partial charge in [0.25, 0.3) is 11.7 Å². The molecule has 7 heteroatoms. The summed E-state index contributed by atoms with van der Waals surface area (Å²) in [5, 5.41) is 11.8. The molecule has 0 saturated heterocycles. The van der Waals surface area contributed by atoms with E-state index in [-0.39, 0.29) is 11.7 Å². The highest BCUT2D eigenvalue weighted by atomic mass is 32.1. The van der Waals surface area contributed by atoms with Crippen LogP contribution >= 0.6 is 11.3 Å². The van der Waals surface area contributed by atoms with E-state index in [2.05, 4.69) is 15.1 Å². The molecule has 0 aliphatic heterocycles. The summed E-state index contributed by atoms with van der Waals surface area (Å²) in [6, 6.07) is 0. The Labute approximate surface area is 75.9 Å². The van der Waals surface area contributed by atoms with Gasteiger partial charge in [-0.25, -0.2) is 4.79 Å². The summed E-state index contributed by atoms with van der Waals surface area (Å²) < 4.78 is 4.70. The van der Waals surface area contributed by atoms with Crippen molar-refractivity contribution in [3.05, 3.63) is 17.5 Å². The average Bonchev–Trinajstić information content (AvgIpc) is 2.75. The standard InChI is InChI=1S/C6H3N3O3S/c10-6(11)4-8-5(12-9-4)3-1-7-2-13-3/h1-2H,(H,10,11). The summed E-state index contributed by atoms with van der Waals surface area (Å²) >= 11 is 1.30. The number of nitrogens with zero attached hydrogens (tertiary/aromatic N) is 3. The lowest BCUT2D eigenvalue weighted by Crippen LogP contribution is -1.97. The Morgan fingerprint density at radius 2 is 2.46 bits per heavy atom. The average molecular weight is 197 g/mol. The van der Waals surface area contributed by atoms with Gasteiger partial charge in [-0.15, -0.1) is 11.3 Å². The van der Waals surface area contributed by atoms with Crippen molar-refractivity contribution >= 4 is 17.3 Å². The van der Waals surface area contributed by atoms with Crippen molar-refractivity contribution < 1.29 is 14.4 Å². The molecule has 0 aromatic carbocycles. The van der Waals surface area contributed by atoms with Gasteiger partial charge < -0.3 is 9.63 Å². The van der Waals surface area contributed by atoms with Crippen LogP contribution in [-0.4, -0.2) is 26.2 Å². The molecule has 2 heterocycles. The fourth-order valence-electron chi connectivity index (χ4n) is 0.732. The van der Waals surface area contributed by atoms with Gasteiger partial charge in [0.15, 0.2) is 0 Å². The number of hydrogen-bond acceptors (Lipinski definition) is 6. The van der Waals surface area contributed by atoms with Gasteiger partial charge in [-0.05, 0) is 5.16 Å². The van der Waals surface area contributed by atoms with Gasteiger partial charge in [0, 0.05) is 0 Å². The first kappa shape index (κ1) is 7.87. The van der Waals surface area contributed by atoms with Gasteiger partial charge >= 0.3 is 5.97 Å². The summed E-state index contributed by atoms with van der Waals surface area (Å²) in [4.78, 5) is 18.5. The van der Waals surface area contributed by atoms with Crippen LogP contribution in [-0.2, 0) is 0 Å². The number of aromatic nitrogens is 3. The van der Waals surface area contributed by atoms with Crippen molar-refractivity contribution in [1.29, 1.82) is 0 Å². The molecule has 2 rings (SSSR count). The van der Waals surface area contributed by atoms with Crippen molar-refractivity contribution in [2.75, 3.05) is 0 Å². The third-order valence-electron chi connectivity index (χ3n) is 1.26. The second-order valence-corrected chi connectivity index (χ2v) is 2.98. The molecule has 0 aliphatic carbocycles. The summed E-state index contributed by atoms with van der Waals surface area (Å²) in [5.74, 6) is -1.37. The maximum Gasteiger partial charge on any atom is 0.377 e. The predicted molar refractivity (Wildman–Crippen MR) is 42.4 cm³/mol. The third kappa shape index (κ3) is 1.41. The van der Waals surface area contributed by atoms with Crippen LogP contribution in [0.1, 0.15) is 10.6 Å². The van der Waals surface area contributed by atoms with Gasteiger partial charge in [0.05, 0.1) is 11.7 Å². The van der Waals surface area contributed by atoms with Gasteiger partial charge in [0.1, 0.15) is 4.88 Å². The lowest BCUT2D eigenvalue weighted by atomic mass is 10.5. The minimum atomic E-state index is -1.21. The molecule has 0 unspecified atom stereocenters. The maximum absolute atomic E-state index is 10.4. The topological polar surface area (TPSA) is 89.1 Å². The summed E-state index contributed by atoms with van der Waals surface area (Å²) in [6.07, 6.45) is 1.53. The highest BCUT2D eigenvalue weighted by molar-refractivity contribution is 7.13. The Morgan fingerprint density at radius 3 is 3.00 bits per heavy atom. The number of rotatable bonds is 2. The lowest BCUT2D eigenvalue weighted by molar-refractivity contribution is 0.0680. The van der Waals surface area contributed by atoms with Crippen LogP contribution in [0, 0.1) is 0 Å². The number of hydrogen-bond donors (Lipinski definition) is 1. The smallest absolute Gasteiger partial charge is 0.377 e. The molecule has 6 nitrogen and oxygen atoms in total. The summed E-state index contributed by atoms with van der Waals surface area (Å²) in [6.45, 7) is 0. The van der Waals surface area contributed by atoms with Crippen LogP contribution in [0.3, 0.4) is 0 Å². The number of thiazole rings is 1. The minimum Gasteiger partial charge on any atom is -0.475 e. The van der Waals surface area contributed by atoms with Gasteiger partial charge in [-0.1, -0.05) is 0 Å². The molecule has 2 aromatic rings. The molecule has 0 spiro atoms. The molecule has 0 amide bonds. The molecule has 0 atom stereocenters. The van der Waals surface area contributed by atoms with Crippen LogP contribution in [0.4, 0.5) is 0 Å². The third-order valence-corrected chi connectivity index (χ3v) is 2.02. The van der Waals surface area contributed by atoms with E-state index in [0.717, 1.165) is 0 Å². The van der Waals surface area contributed by atoms with E-state index in [1.807, 2.05) is 0 Å². The Hall–Kier alpha value is -1.76. The lowest BCUT2D eigenvalue weighted by Gasteiger charge is -1.80. The fraction of sp³-hybridized carbons (Fsp3) is 0. The van der Waals surface area contributed by atoms with Crippen LogP contribution in [0.15, 0.2) is 16.2 Å². The van der Waals surface area contributed by atoms with E-state index in [9.17, 15) is 4.79 Å². The number of carbonyl (C=O) groups is 1. The first-order valence-corrected chi connectivity index (χ1v) is 4.11. The van der Waals surface area contributed by atoms with E-state index < -0.39 is 5.97 Å². The van der Waals surface area contributed by atoms with Gasteiger partial charge in [-0.2, -0.15) is 4.98 Å². The molecule has 66 valence electrons. The quantitative estimate of drug-likeness (QED) is 0.768. The van der Waals surface area contributed by atoms with Gasteiger partial charge in [0.2, 0.25) is 0 Å². The second kappa shape index (κ2) is 2.94. The molecule has 0 saturated carbocycles. The molecular formula is C6H3N3O3S. The van der Waals surface area contributed by atoms with Gasteiger partial charge in [-0.3, -0.25) is 4.98 Å². The Balaban J connectivity index is 2.39. The molecule has 0 aliphatic rings. The zero-order chi connectivity index (χ0) is 9.26. The second-order valence-electron chi connectivity index (χ2n) is 2.09. The summed E-state index contributed by atoms with van der Waals surface area (Å²) in [7, 11) is 0. The first-order valence-electron chi connectivity index (χ1n) is 3.23. The number of aromatic carboxylic acids is 1. The minimum absolute atomic E-state index is 0.180. The highest BCUT2D eigenvalue weighted by Crippen LogP contribution is 2.20. The zero-order valence-electron chi connectivity index (χ0n) is 6.17. The Morgan fingerprint density at radius 1 is 1.62 bits per heavy atom. The predicted octanol–water partition coefficient (Wildman–Crippen LogP) is 0.891. The molecule has 0 radical (unpaired) electrons. The van der Waals surface area contributed by atoms with Crippen LogP contribution < -0.4 is 0 Å². The maximum atomic E-state index is 10.4. The molecule has 0 fully saturated rings. The number of carboxylic acids is 1. The van der Waals surface area contributed by atoms with E-state index in [4.69, 9.17) is 9.63 Å². The summed E-state index contributed by atoms with van der Waals surface area (Å²) in [5.41, 5.74) is 1.60. The Bertz CT molecular complexity index is 422. The van der Waals surface area contributed by atoms with E-state index in [0.29, 0.717) is 4.88 Å². The zero-order valence-corrected chi connectivity index (χ0v) is 6.98. The van der Waals surface area contributed by atoms with Crippen LogP contribution in [0.2, 0.25) is 0 Å². The van der Waals surface area contributed by atoms with Crippen molar-refractivity contribution in [3.8, 4) is 10.8 Å². The largest absolute Gasteiger partial charge is 0.475 e. The Kier molecular flexibility index (Phi) is 1.78. The van der Waals surface area contributed by atoms with Crippen molar-refractivity contribution in [3.63, 3.8) is 0 Å². The molecule has 0 bridgehead atoms. The van der Waals surface area contributed by atoms with E-state index >= 15 is 0 Å². The van der Waals surface area contributed by atoms with E-state index in [1.54, 1.807) is 5.51 Å². The van der Waals surface area contributed by atoms with Crippen molar-refractivity contribution in [2.24, 2.45) is 0 Å². The molecule has 13 heavy (non-hydrogen) atoms. The normalized spacial score (nSPS) is 10.2. The number of carboxylic acid groups (broad SMARTS) is 1. The first-order chi connectivity index (χ1) is 6.27. The fourth-order valence-corrected chi connectivity index (χ4v) is 1.27. The molecule has 2 aromatic heterocycles. The SMILES string of the molecule is O=C(O)c1noc(-c2cncs2)n1. The monoisotopic (exact) mass is 197 g/mol. The van der Waals surface area contributed by atoms with Crippen LogP contribution in [0.5, 0.6) is 0 Å².